The number of ether oxygens (including phenoxy) is 4. The minimum Gasteiger partial charge on any atom is -0.497 e. The molecule has 0 aliphatic rings. The van der Waals surface area contributed by atoms with Crippen molar-refractivity contribution in [3.63, 3.8) is 0 Å². The molecule has 3 aromatic carbocycles. The van der Waals surface area contributed by atoms with Crippen molar-refractivity contribution in [3.8, 4) is 23.0 Å². The Labute approximate surface area is 195 Å². The lowest BCUT2D eigenvalue weighted by Gasteiger charge is -2.11. The number of nitro benzene ring substituents is 1. The quantitative estimate of drug-likeness (QED) is 0.273. The zero-order valence-corrected chi connectivity index (χ0v) is 18.8. The third kappa shape index (κ3) is 6.22. The summed E-state index contributed by atoms with van der Waals surface area (Å²) in [6, 6.07) is 16.1. The van der Waals surface area contributed by atoms with Gasteiger partial charge in [0.05, 0.1) is 32.5 Å². The first kappa shape index (κ1) is 24.1. The minimum atomic E-state index is -0.454. The van der Waals surface area contributed by atoms with Crippen LogP contribution in [0.4, 0.5) is 5.69 Å². The van der Waals surface area contributed by atoms with E-state index in [0.717, 1.165) is 5.56 Å². The second-order valence-electron chi connectivity index (χ2n) is 6.92. The molecule has 176 valence electrons. The van der Waals surface area contributed by atoms with E-state index in [1.54, 1.807) is 48.5 Å². The maximum Gasteiger partial charge on any atom is 0.271 e. The topological polar surface area (TPSA) is 122 Å². The number of benzene rings is 3. The van der Waals surface area contributed by atoms with Gasteiger partial charge in [0, 0.05) is 23.8 Å². The molecule has 0 aliphatic carbocycles. The number of amides is 1. The number of hydrogen-bond donors (Lipinski definition) is 1. The standard InChI is InChI=1S/C24H23N3O7/c1-31-20-11-18(12-21(13-20)32-2)24(28)26-25-14-17-6-9-22(23(10-17)33-3)34-15-16-4-7-19(8-5-16)27(29)30/h4-14H,15H2,1-3H3,(H,26,28)/b25-14-. The van der Waals surface area contributed by atoms with E-state index >= 15 is 0 Å². The summed E-state index contributed by atoms with van der Waals surface area (Å²) in [5, 5.41) is 14.7. The first-order valence-corrected chi connectivity index (χ1v) is 10.0. The van der Waals surface area contributed by atoms with Crippen LogP contribution in [0.25, 0.3) is 0 Å². The lowest BCUT2D eigenvalue weighted by atomic mass is 10.2. The van der Waals surface area contributed by atoms with E-state index < -0.39 is 10.8 Å². The van der Waals surface area contributed by atoms with Gasteiger partial charge in [0.2, 0.25) is 0 Å². The van der Waals surface area contributed by atoms with Gasteiger partial charge in [-0.1, -0.05) is 0 Å². The van der Waals surface area contributed by atoms with E-state index in [0.29, 0.717) is 34.1 Å². The van der Waals surface area contributed by atoms with Crippen molar-refractivity contribution in [2.75, 3.05) is 21.3 Å². The van der Waals surface area contributed by atoms with Gasteiger partial charge >= 0.3 is 0 Å². The predicted octanol–water partition coefficient (Wildman–Crippen LogP) is 3.96. The largest absolute Gasteiger partial charge is 0.497 e. The number of carbonyl (C=O) groups excluding carboxylic acids is 1. The molecule has 1 amide bonds. The number of hydrogen-bond acceptors (Lipinski definition) is 8. The number of nitrogens with zero attached hydrogens (tertiary/aromatic N) is 2. The zero-order chi connectivity index (χ0) is 24.5. The van der Waals surface area contributed by atoms with Gasteiger partial charge in [0.25, 0.3) is 11.6 Å². The molecule has 34 heavy (non-hydrogen) atoms. The van der Waals surface area contributed by atoms with Crippen LogP contribution in [0.15, 0.2) is 65.8 Å². The van der Waals surface area contributed by atoms with Crippen LogP contribution >= 0.6 is 0 Å². The molecule has 0 fully saturated rings. The number of methoxy groups -OCH3 is 3. The zero-order valence-electron chi connectivity index (χ0n) is 18.8. The molecule has 0 heterocycles. The third-order valence-electron chi connectivity index (χ3n) is 4.72. The van der Waals surface area contributed by atoms with Crippen molar-refractivity contribution in [2.45, 2.75) is 6.61 Å². The van der Waals surface area contributed by atoms with Crippen molar-refractivity contribution in [2.24, 2.45) is 5.10 Å². The molecule has 10 heteroatoms. The maximum atomic E-state index is 12.4. The van der Waals surface area contributed by atoms with Gasteiger partial charge < -0.3 is 18.9 Å². The van der Waals surface area contributed by atoms with Gasteiger partial charge in [-0.3, -0.25) is 14.9 Å². The Bertz CT molecular complexity index is 1170. The highest BCUT2D eigenvalue weighted by Gasteiger charge is 2.10. The Kier molecular flexibility index (Phi) is 8.01. The molecule has 10 nitrogen and oxygen atoms in total. The van der Waals surface area contributed by atoms with Crippen molar-refractivity contribution >= 4 is 17.8 Å². The average Bonchev–Trinajstić information content (AvgIpc) is 2.87. The Hall–Kier alpha value is -4.60. The fraction of sp³-hybridized carbons (Fsp3) is 0.167. The lowest BCUT2D eigenvalue weighted by Crippen LogP contribution is -2.17. The monoisotopic (exact) mass is 465 g/mol. The van der Waals surface area contributed by atoms with Gasteiger partial charge in [0.15, 0.2) is 11.5 Å². The van der Waals surface area contributed by atoms with Gasteiger partial charge in [-0.05, 0) is 53.6 Å². The van der Waals surface area contributed by atoms with Gasteiger partial charge in [-0.15, -0.1) is 0 Å². The van der Waals surface area contributed by atoms with Crippen LogP contribution in [-0.2, 0) is 6.61 Å². The van der Waals surface area contributed by atoms with Gasteiger partial charge in [-0.2, -0.15) is 5.10 Å². The highest BCUT2D eigenvalue weighted by molar-refractivity contribution is 5.95. The van der Waals surface area contributed by atoms with Crippen LogP contribution in [0.5, 0.6) is 23.0 Å². The number of rotatable bonds is 10. The number of nitro groups is 1. The Morgan fingerprint density at radius 3 is 2.21 bits per heavy atom. The first-order valence-electron chi connectivity index (χ1n) is 10.0. The molecule has 3 aromatic rings. The second kappa shape index (κ2) is 11.3. The van der Waals surface area contributed by atoms with Crippen molar-refractivity contribution in [1.82, 2.24) is 5.43 Å². The number of non-ortho nitro benzene ring substituents is 1. The smallest absolute Gasteiger partial charge is 0.271 e. The Morgan fingerprint density at radius 1 is 0.941 bits per heavy atom. The second-order valence-corrected chi connectivity index (χ2v) is 6.92. The molecule has 1 N–H and O–H groups in total. The Morgan fingerprint density at radius 2 is 1.62 bits per heavy atom. The summed E-state index contributed by atoms with van der Waals surface area (Å²) in [6.45, 7) is 0.210. The van der Waals surface area contributed by atoms with Crippen LogP contribution in [-0.4, -0.2) is 38.4 Å². The minimum absolute atomic E-state index is 0.0163. The van der Waals surface area contributed by atoms with Crippen LogP contribution < -0.4 is 24.4 Å². The molecule has 0 spiro atoms. The SMILES string of the molecule is COc1cc(OC)cc(C(=O)N/N=C\c2ccc(OCc3ccc([N+](=O)[O-])cc3)c(OC)c2)c1. The highest BCUT2D eigenvalue weighted by atomic mass is 16.6. The Balaban J connectivity index is 1.63. The number of carbonyl (C=O) groups is 1. The number of nitrogens with one attached hydrogen (secondary N) is 1. The summed E-state index contributed by atoms with van der Waals surface area (Å²) in [5.74, 6) is 1.51. The van der Waals surface area contributed by atoms with Crippen molar-refractivity contribution < 1.29 is 28.7 Å². The molecule has 3 rings (SSSR count). The fourth-order valence-corrected chi connectivity index (χ4v) is 2.93. The summed E-state index contributed by atoms with van der Waals surface area (Å²) < 4.78 is 21.5. The summed E-state index contributed by atoms with van der Waals surface area (Å²) in [7, 11) is 4.51. The van der Waals surface area contributed by atoms with E-state index in [1.165, 1.54) is 39.7 Å². The number of hydrazone groups is 1. The molecule has 0 saturated heterocycles. The third-order valence-corrected chi connectivity index (χ3v) is 4.72. The maximum absolute atomic E-state index is 12.4. The summed E-state index contributed by atoms with van der Waals surface area (Å²) in [4.78, 5) is 22.7. The van der Waals surface area contributed by atoms with Crippen LogP contribution in [0.2, 0.25) is 0 Å². The van der Waals surface area contributed by atoms with E-state index in [-0.39, 0.29) is 12.3 Å². The molecular formula is C24H23N3O7. The molecule has 0 atom stereocenters. The van der Waals surface area contributed by atoms with E-state index in [9.17, 15) is 14.9 Å². The molecule has 0 bridgehead atoms. The molecule has 0 aromatic heterocycles. The van der Waals surface area contributed by atoms with Crippen LogP contribution in [0, 0.1) is 10.1 Å². The molecular weight excluding hydrogens is 442 g/mol. The first-order chi connectivity index (χ1) is 16.4. The normalized spacial score (nSPS) is 10.6. The lowest BCUT2D eigenvalue weighted by molar-refractivity contribution is -0.384. The predicted molar refractivity (Wildman–Crippen MR) is 125 cm³/mol. The summed E-state index contributed by atoms with van der Waals surface area (Å²) in [6.07, 6.45) is 1.47. The van der Waals surface area contributed by atoms with Crippen molar-refractivity contribution in [1.29, 1.82) is 0 Å². The van der Waals surface area contributed by atoms with Crippen molar-refractivity contribution in [3.05, 3.63) is 87.5 Å². The highest BCUT2D eigenvalue weighted by Crippen LogP contribution is 2.28. The fourth-order valence-electron chi connectivity index (χ4n) is 2.93. The van der Waals surface area contributed by atoms with Crippen LogP contribution in [0.1, 0.15) is 21.5 Å². The van der Waals surface area contributed by atoms with E-state index in [2.05, 4.69) is 10.5 Å². The molecule has 0 saturated carbocycles. The van der Waals surface area contributed by atoms with Gasteiger partial charge in [0.1, 0.15) is 18.1 Å². The van der Waals surface area contributed by atoms with E-state index in [1.807, 2.05) is 0 Å². The molecule has 0 unspecified atom stereocenters. The van der Waals surface area contributed by atoms with Crippen LogP contribution in [0.3, 0.4) is 0 Å². The molecule has 0 radical (unpaired) electrons. The summed E-state index contributed by atoms with van der Waals surface area (Å²) in [5.41, 5.74) is 4.25. The van der Waals surface area contributed by atoms with Gasteiger partial charge in [-0.25, -0.2) is 5.43 Å². The average molecular weight is 465 g/mol. The summed E-state index contributed by atoms with van der Waals surface area (Å²) >= 11 is 0. The molecule has 0 aliphatic heterocycles. The van der Waals surface area contributed by atoms with E-state index in [4.69, 9.17) is 18.9 Å².